The van der Waals surface area contributed by atoms with Gasteiger partial charge in [0.15, 0.2) is 0 Å². The van der Waals surface area contributed by atoms with Crippen molar-refractivity contribution in [3.8, 4) is 17.1 Å². The van der Waals surface area contributed by atoms with Crippen LogP contribution in [0.1, 0.15) is 48.3 Å². The van der Waals surface area contributed by atoms with Gasteiger partial charge < -0.3 is 4.74 Å². The average molecular weight is 490 g/mol. The van der Waals surface area contributed by atoms with E-state index in [2.05, 4.69) is 69.6 Å². The summed E-state index contributed by atoms with van der Waals surface area (Å²) in [6.45, 7) is 0.350. The standard InChI is InChI=1S/C30H27N5O2/c36-30(37-18-28-26-10-3-1-8-24(26)25-9-2-4-11-27(25)28)35-22-6-5-7-23(35)15-20(14-22)21-16-32-29(33-17-21)34-13-12-31-19-34/h1-4,8-14,16-17,19,22-23,28H,5-7,15,18H2. The van der Waals surface area contributed by atoms with Crippen molar-refractivity contribution in [1.82, 2.24) is 24.4 Å². The van der Waals surface area contributed by atoms with E-state index in [0.29, 0.717) is 12.6 Å². The summed E-state index contributed by atoms with van der Waals surface area (Å²) in [5, 5.41) is 0. The summed E-state index contributed by atoms with van der Waals surface area (Å²) in [6.07, 6.45) is 14.8. The van der Waals surface area contributed by atoms with Gasteiger partial charge in [0, 0.05) is 42.3 Å². The van der Waals surface area contributed by atoms with Crippen LogP contribution < -0.4 is 0 Å². The maximum absolute atomic E-state index is 13.5. The molecule has 0 N–H and O–H groups in total. The van der Waals surface area contributed by atoms with Crippen molar-refractivity contribution in [2.24, 2.45) is 0 Å². The minimum atomic E-state index is -0.210. The number of carbonyl (C=O) groups is 1. The van der Waals surface area contributed by atoms with Gasteiger partial charge in [-0.25, -0.2) is 19.7 Å². The van der Waals surface area contributed by atoms with Crippen LogP contribution in [0.15, 0.2) is 85.7 Å². The molecule has 2 aliphatic heterocycles. The molecule has 2 aromatic carbocycles. The molecule has 37 heavy (non-hydrogen) atoms. The highest BCUT2D eigenvalue weighted by molar-refractivity contribution is 5.79. The van der Waals surface area contributed by atoms with Gasteiger partial charge in [-0.3, -0.25) is 9.47 Å². The van der Waals surface area contributed by atoms with Crippen molar-refractivity contribution in [3.63, 3.8) is 0 Å². The van der Waals surface area contributed by atoms with Crippen molar-refractivity contribution >= 4 is 11.7 Å². The first kappa shape index (κ1) is 22.0. The zero-order valence-corrected chi connectivity index (χ0v) is 20.4. The van der Waals surface area contributed by atoms with Crippen LogP contribution in [0, 0.1) is 0 Å². The highest BCUT2D eigenvalue weighted by atomic mass is 16.6. The molecule has 2 aromatic heterocycles. The zero-order valence-electron chi connectivity index (χ0n) is 20.4. The topological polar surface area (TPSA) is 73.1 Å². The van der Waals surface area contributed by atoms with Gasteiger partial charge in [-0.1, -0.05) is 54.6 Å². The molecule has 3 aliphatic rings. The monoisotopic (exact) mass is 489 g/mol. The summed E-state index contributed by atoms with van der Waals surface area (Å²) >= 11 is 0. The fourth-order valence-electron chi connectivity index (χ4n) is 6.19. The quantitative estimate of drug-likeness (QED) is 0.372. The Morgan fingerprint density at radius 2 is 1.70 bits per heavy atom. The summed E-state index contributed by atoms with van der Waals surface area (Å²) in [6, 6.07) is 17.0. The first-order chi connectivity index (χ1) is 18.3. The van der Waals surface area contributed by atoms with E-state index < -0.39 is 0 Å². The van der Waals surface area contributed by atoms with Gasteiger partial charge in [0.2, 0.25) is 5.95 Å². The van der Waals surface area contributed by atoms with E-state index in [1.165, 1.54) is 27.8 Å². The fourth-order valence-corrected chi connectivity index (χ4v) is 6.19. The second kappa shape index (κ2) is 9.00. The summed E-state index contributed by atoms with van der Waals surface area (Å²) in [5.74, 6) is 0.663. The molecule has 7 nitrogen and oxygen atoms in total. The third-order valence-electron chi connectivity index (χ3n) is 7.93. The molecule has 0 radical (unpaired) electrons. The Hall–Kier alpha value is -4.26. The molecule has 1 amide bonds. The number of fused-ring (bicyclic) bond motifs is 5. The number of benzene rings is 2. The first-order valence-corrected chi connectivity index (χ1v) is 12.9. The van der Waals surface area contributed by atoms with E-state index in [1.807, 2.05) is 23.5 Å². The number of hydrogen-bond donors (Lipinski definition) is 0. The van der Waals surface area contributed by atoms with Crippen LogP contribution >= 0.6 is 0 Å². The number of aromatic nitrogens is 4. The van der Waals surface area contributed by atoms with E-state index in [-0.39, 0.29) is 24.1 Å². The van der Waals surface area contributed by atoms with E-state index in [9.17, 15) is 4.79 Å². The molecular formula is C30H27N5O2. The predicted octanol–water partition coefficient (Wildman–Crippen LogP) is 5.62. The Morgan fingerprint density at radius 1 is 0.973 bits per heavy atom. The minimum absolute atomic E-state index is 0.0338. The Morgan fingerprint density at radius 3 is 2.38 bits per heavy atom. The van der Waals surface area contributed by atoms with Crippen LogP contribution in [0.5, 0.6) is 0 Å². The second-order valence-electron chi connectivity index (χ2n) is 10.0. The van der Waals surface area contributed by atoms with Crippen molar-refractivity contribution in [3.05, 3.63) is 102 Å². The van der Waals surface area contributed by atoms with Crippen LogP contribution in [0.2, 0.25) is 0 Å². The van der Waals surface area contributed by atoms with Crippen LogP contribution in [-0.2, 0) is 4.74 Å². The fraction of sp³-hybridized carbons (Fsp3) is 0.267. The minimum Gasteiger partial charge on any atom is -0.448 e. The van der Waals surface area contributed by atoms with E-state index in [4.69, 9.17) is 4.74 Å². The third-order valence-corrected chi connectivity index (χ3v) is 7.93. The van der Waals surface area contributed by atoms with Crippen molar-refractivity contribution < 1.29 is 9.53 Å². The largest absolute Gasteiger partial charge is 0.448 e. The third kappa shape index (κ3) is 3.82. The summed E-state index contributed by atoms with van der Waals surface area (Å²) < 4.78 is 7.82. The van der Waals surface area contributed by atoms with Crippen LogP contribution in [0.4, 0.5) is 4.79 Å². The molecule has 7 rings (SSSR count). The van der Waals surface area contributed by atoms with Gasteiger partial charge in [0.25, 0.3) is 0 Å². The highest BCUT2D eigenvalue weighted by Gasteiger charge is 2.39. The molecule has 2 unspecified atom stereocenters. The van der Waals surface area contributed by atoms with Gasteiger partial charge in [-0.15, -0.1) is 0 Å². The lowest BCUT2D eigenvalue weighted by Gasteiger charge is -2.44. The Balaban J connectivity index is 1.09. The lowest BCUT2D eigenvalue weighted by Crippen LogP contribution is -2.51. The second-order valence-corrected chi connectivity index (χ2v) is 10.0. The number of carbonyl (C=O) groups excluding carboxylic acids is 1. The molecule has 1 aliphatic carbocycles. The zero-order chi connectivity index (χ0) is 24.8. The van der Waals surface area contributed by atoms with Crippen LogP contribution in [-0.4, -0.2) is 49.2 Å². The molecule has 184 valence electrons. The Bertz CT molecular complexity index is 1430. The molecule has 2 bridgehead atoms. The van der Waals surface area contributed by atoms with E-state index in [0.717, 1.165) is 31.2 Å². The molecule has 7 heteroatoms. The molecule has 1 saturated heterocycles. The number of nitrogens with zero attached hydrogens (tertiary/aromatic N) is 5. The Labute approximate surface area is 215 Å². The molecule has 0 saturated carbocycles. The molecular weight excluding hydrogens is 462 g/mol. The van der Waals surface area contributed by atoms with E-state index >= 15 is 0 Å². The van der Waals surface area contributed by atoms with Gasteiger partial charge in [0.1, 0.15) is 12.9 Å². The smallest absolute Gasteiger partial charge is 0.410 e. The normalized spacial score (nSPS) is 20.2. The number of rotatable bonds is 4. The van der Waals surface area contributed by atoms with Crippen molar-refractivity contribution in [1.29, 1.82) is 0 Å². The summed E-state index contributed by atoms with van der Waals surface area (Å²) in [4.78, 5) is 28.5. The molecule has 0 spiro atoms. The number of piperidine rings is 1. The van der Waals surface area contributed by atoms with Crippen LogP contribution in [0.25, 0.3) is 22.6 Å². The number of ether oxygens (including phenoxy) is 1. The van der Waals surface area contributed by atoms with Crippen molar-refractivity contribution in [2.75, 3.05) is 6.61 Å². The van der Waals surface area contributed by atoms with Gasteiger partial charge >= 0.3 is 6.09 Å². The Kier molecular flexibility index (Phi) is 5.34. The number of amides is 1. The van der Waals surface area contributed by atoms with Crippen molar-refractivity contribution in [2.45, 2.75) is 43.7 Å². The maximum Gasteiger partial charge on any atom is 0.410 e. The average Bonchev–Trinajstić information content (AvgIpc) is 3.58. The summed E-state index contributed by atoms with van der Waals surface area (Å²) in [5.41, 5.74) is 7.15. The summed E-state index contributed by atoms with van der Waals surface area (Å²) in [7, 11) is 0. The number of imidazole rings is 1. The molecule has 2 atom stereocenters. The molecule has 4 heterocycles. The van der Waals surface area contributed by atoms with E-state index in [1.54, 1.807) is 17.1 Å². The lowest BCUT2D eigenvalue weighted by molar-refractivity contribution is 0.0539. The lowest BCUT2D eigenvalue weighted by atomic mass is 9.83. The SMILES string of the molecule is O=C(OCC1c2ccccc2-c2ccccc21)N1C2C=C(c3cnc(-n4ccnc4)nc3)CC1CCC2. The number of hydrogen-bond acceptors (Lipinski definition) is 5. The molecule has 1 fully saturated rings. The molecule has 4 aromatic rings. The maximum atomic E-state index is 13.5. The van der Waals surface area contributed by atoms with Gasteiger partial charge in [0.05, 0.1) is 6.04 Å². The van der Waals surface area contributed by atoms with Gasteiger partial charge in [-0.2, -0.15) is 0 Å². The van der Waals surface area contributed by atoms with Gasteiger partial charge in [-0.05, 0) is 53.5 Å². The predicted molar refractivity (Wildman–Crippen MR) is 140 cm³/mol. The first-order valence-electron chi connectivity index (χ1n) is 12.9. The highest BCUT2D eigenvalue weighted by Crippen LogP contribution is 2.45. The van der Waals surface area contributed by atoms with Crippen LogP contribution in [0.3, 0.4) is 0 Å².